The zero-order valence-corrected chi connectivity index (χ0v) is 7.19. The summed E-state index contributed by atoms with van der Waals surface area (Å²) >= 11 is 0.728. The van der Waals surface area contributed by atoms with Crippen LogP contribution in [0.1, 0.15) is 20.3 Å². The minimum Gasteiger partial charge on any atom is -0.322 e. The van der Waals surface area contributed by atoms with Crippen LogP contribution >= 0.6 is 0 Å². The van der Waals surface area contributed by atoms with Crippen LogP contribution < -0.4 is 0 Å². The normalized spacial score (nSPS) is 9.57. The highest BCUT2D eigenvalue weighted by molar-refractivity contribution is 6.57. The highest BCUT2D eigenvalue weighted by atomic mass is 27.0. The van der Waals surface area contributed by atoms with Crippen LogP contribution in [-0.2, 0) is 4.79 Å². The van der Waals surface area contributed by atoms with Crippen molar-refractivity contribution < 1.29 is 4.79 Å². The minimum atomic E-state index is 0.426. The Kier molecular flexibility index (Phi) is 3.33. The molecular weight excluding hydrogens is 103 g/mol. The molecule has 0 bridgehead atoms. The minimum absolute atomic E-state index is 0.426. The molecule has 0 aliphatic heterocycles. The molecule has 0 aliphatic carbocycles. The fourth-order valence-electron chi connectivity index (χ4n) is 0.575. The molecule has 0 heterocycles. The molecule has 0 saturated carbocycles. The van der Waals surface area contributed by atoms with Crippen molar-refractivity contribution in [2.45, 2.75) is 20.3 Å². The van der Waals surface area contributed by atoms with Crippen molar-refractivity contribution in [2.75, 3.05) is 0 Å². The van der Waals surface area contributed by atoms with Gasteiger partial charge in [-0.15, -0.1) is 0 Å². The third-order valence-corrected chi connectivity index (χ3v) is 1.10. The number of carbonyl (C=O) groups excluding carboxylic acids is 1. The molecule has 2 heteroatoms. The van der Waals surface area contributed by atoms with Gasteiger partial charge in [-0.05, 0) is 12.3 Å². The van der Waals surface area contributed by atoms with E-state index < -0.39 is 0 Å². The van der Waals surface area contributed by atoms with Crippen molar-refractivity contribution in [2.24, 2.45) is 5.92 Å². The maximum absolute atomic E-state index is 10.3. The van der Waals surface area contributed by atoms with Gasteiger partial charge in [-0.3, -0.25) is 0 Å². The Labute approximate surface area is 52.5 Å². The van der Waals surface area contributed by atoms with Gasteiger partial charge in [0.05, 0.1) is 0 Å². The molecule has 0 aromatic heterocycles. The Morgan fingerprint density at radius 1 is 1.71 bits per heavy atom. The van der Waals surface area contributed by atoms with E-state index in [9.17, 15) is 4.79 Å². The number of hydrogen-bond acceptors (Lipinski definition) is 1. The molecule has 0 radical (unpaired) electrons. The van der Waals surface area contributed by atoms with Gasteiger partial charge in [-0.2, -0.15) is 0 Å². The fourth-order valence-corrected chi connectivity index (χ4v) is 1.39. The van der Waals surface area contributed by atoms with Crippen LogP contribution in [0.3, 0.4) is 0 Å². The summed E-state index contributed by atoms with van der Waals surface area (Å²) in [6.45, 7) is 4.13. The molecule has 0 aliphatic rings. The summed E-state index contributed by atoms with van der Waals surface area (Å²) in [7, 11) is 0. The van der Waals surface area contributed by atoms with Gasteiger partial charge in [0, 0.05) is 4.65 Å². The maximum atomic E-state index is 10.3. The summed E-state index contributed by atoms with van der Waals surface area (Å²) in [6, 6.07) is 0. The Morgan fingerprint density at radius 3 is 2.14 bits per heavy atom. The third-order valence-electron chi connectivity index (χ3n) is 0.696. The van der Waals surface area contributed by atoms with Gasteiger partial charge < -0.3 is 4.79 Å². The van der Waals surface area contributed by atoms with Gasteiger partial charge in [0.1, 0.15) is 0 Å². The highest BCUT2D eigenvalue weighted by Gasteiger charge is 1.95. The molecule has 7 heavy (non-hydrogen) atoms. The Bertz CT molecular complexity index is 68.5. The number of carbonyl (C=O) groups is 1. The van der Waals surface area contributed by atoms with Crippen LogP contribution in [0.2, 0.25) is 0 Å². The monoisotopic (exact) mass is 114 g/mol. The van der Waals surface area contributed by atoms with E-state index in [0.717, 1.165) is 22.7 Å². The lowest BCUT2D eigenvalue weighted by Gasteiger charge is -1.96. The van der Waals surface area contributed by atoms with E-state index in [0.29, 0.717) is 10.6 Å². The molecule has 0 fully saturated rings. The summed E-state index contributed by atoms with van der Waals surface area (Å²) in [5.74, 6) is 0.560. The van der Waals surface area contributed by atoms with Crippen LogP contribution in [0.25, 0.3) is 0 Å². The smallest absolute Gasteiger partial charge is 0.319 e. The van der Waals surface area contributed by atoms with Gasteiger partial charge in [-0.1, -0.05) is 13.8 Å². The predicted molar refractivity (Wildman–Crippen MR) is 33.0 cm³/mol. The van der Waals surface area contributed by atoms with E-state index in [1.165, 1.54) is 0 Å². The summed E-state index contributed by atoms with van der Waals surface area (Å²) in [5, 5.41) is 0. The molecule has 0 spiro atoms. The van der Waals surface area contributed by atoms with Gasteiger partial charge in [0.15, 0.2) is 0 Å². The van der Waals surface area contributed by atoms with Crippen molar-refractivity contribution in [1.29, 1.82) is 0 Å². The van der Waals surface area contributed by atoms with Crippen molar-refractivity contribution in [3.8, 4) is 0 Å². The molecule has 0 aromatic rings. The van der Waals surface area contributed by atoms with Crippen LogP contribution in [0.15, 0.2) is 0 Å². The molecule has 0 aromatic carbocycles. The summed E-state index contributed by atoms with van der Waals surface area (Å²) < 4.78 is 0.426. The van der Waals surface area contributed by atoms with Crippen molar-refractivity contribution in [1.82, 2.24) is 0 Å². The molecule has 0 rings (SSSR count). The Morgan fingerprint density at radius 2 is 2.14 bits per heavy atom. The summed E-state index contributed by atoms with van der Waals surface area (Å²) in [6.07, 6.45) is 0.784. The van der Waals surface area contributed by atoms with Gasteiger partial charge in [0.2, 0.25) is 0 Å². The fraction of sp³-hybridized carbons (Fsp3) is 0.800. The lowest BCUT2D eigenvalue weighted by molar-refractivity contribution is -0.112. The van der Waals surface area contributed by atoms with E-state index in [-0.39, 0.29) is 0 Å². The van der Waals surface area contributed by atoms with Gasteiger partial charge in [0.25, 0.3) is 0 Å². The number of rotatable bonds is 2. The molecule has 0 N–H and O–H groups in total. The zero-order chi connectivity index (χ0) is 5.86. The largest absolute Gasteiger partial charge is 0.322 e. The molecular formula is C5H11AlO. The second-order valence-corrected chi connectivity index (χ2v) is 3.42. The maximum Gasteiger partial charge on any atom is 0.319 e. The lowest BCUT2D eigenvalue weighted by atomic mass is 10.2. The summed E-state index contributed by atoms with van der Waals surface area (Å²) in [4.78, 5) is 10.3. The summed E-state index contributed by atoms with van der Waals surface area (Å²) in [5.41, 5.74) is 0. The number of hydrogen-bond donors (Lipinski definition) is 0. The lowest BCUT2D eigenvalue weighted by Crippen LogP contribution is -2.00. The molecule has 0 saturated heterocycles. The second-order valence-electron chi connectivity index (χ2n) is 2.30. The van der Waals surface area contributed by atoms with Crippen LogP contribution in [0.4, 0.5) is 0 Å². The SMILES string of the molecule is CC(C)C[C](=O)[AlH2]. The first-order chi connectivity index (χ1) is 3.13. The molecule has 0 atom stereocenters. The van der Waals surface area contributed by atoms with Crippen molar-refractivity contribution in [3.63, 3.8) is 0 Å². The van der Waals surface area contributed by atoms with E-state index in [1.807, 2.05) is 0 Å². The van der Waals surface area contributed by atoms with Gasteiger partial charge in [-0.25, -0.2) is 0 Å². The predicted octanol–water partition coefficient (Wildman–Crippen LogP) is 0.192. The first kappa shape index (κ1) is 7.20. The average molecular weight is 114 g/mol. The Hall–Kier alpha value is 0.202. The van der Waals surface area contributed by atoms with Gasteiger partial charge >= 0.3 is 16.3 Å². The topological polar surface area (TPSA) is 17.1 Å². The quantitative estimate of drug-likeness (QED) is 0.468. The van der Waals surface area contributed by atoms with Crippen LogP contribution in [0, 0.1) is 5.92 Å². The van der Waals surface area contributed by atoms with Crippen LogP contribution in [0.5, 0.6) is 0 Å². The first-order valence-corrected chi connectivity index (χ1v) is 3.62. The Balaban J connectivity index is 3.13. The first-order valence-electron chi connectivity index (χ1n) is 2.62. The molecule has 0 amide bonds. The van der Waals surface area contributed by atoms with E-state index in [1.54, 1.807) is 0 Å². The molecule has 0 unspecified atom stereocenters. The van der Waals surface area contributed by atoms with Crippen molar-refractivity contribution >= 4 is 20.9 Å². The average Bonchev–Trinajstić information content (AvgIpc) is 1.27. The van der Waals surface area contributed by atoms with Crippen LogP contribution in [-0.4, -0.2) is 20.9 Å². The van der Waals surface area contributed by atoms with E-state index in [2.05, 4.69) is 13.8 Å². The third kappa shape index (κ3) is 6.20. The van der Waals surface area contributed by atoms with E-state index in [4.69, 9.17) is 0 Å². The second kappa shape index (κ2) is 3.24. The molecule has 1 nitrogen and oxygen atoms in total. The highest BCUT2D eigenvalue weighted by Crippen LogP contribution is 1.96. The van der Waals surface area contributed by atoms with E-state index >= 15 is 0 Å². The van der Waals surface area contributed by atoms with Crippen molar-refractivity contribution in [3.05, 3.63) is 0 Å². The molecule has 40 valence electrons. The standard InChI is InChI=1S/C5H9O.Al.2H/c1-5(2)3-4-6;;;/h5H,3H2,1-2H3;;;. The zero-order valence-electron chi connectivity index (χ0n) is 5.19.